The predicted molar refractivity (Wildman–Crippen MR) is 77.8 cm³/mol. The van der Waals surface area contributed by atoms with Gasteiger partial charge in [0, 0.05) is 28.5 Å². The molecule has 2 aromatic rings. The van der Waals surface area contributed by atoms with Gasteiger partial charge in [0.1, 0.15) is 12.4 Å². The first kappa shape index (κ1) is 15.2. The van der Waals surface area contributed by atoms with Gasteiger partial charge in [0.15, 0.2) is 5.82 Å². The Morgan fingerprint density at radius 3 is 2.71 bits per heavy atom. The Morgan fingerprint density at radius 2 is 2.05 bits per heavy atom. The fourth-order valence-corrected chi connectivity index (χ4v) is 2.18. The molecule has 110 valence electrons. The van der Waals surface area contributed by atoms with Crippen molar-refractivity contribution in [2.45, 2.75) is 6.54 Å². The number of carbonyl (C=O) groups is 1. The number of anilines is 2. The zero-order chi connectivity index (χ0) is 15.6. The summed E-state index contributed by atoms with van der Waals surface area (Å²) < 4.78 is 27.7. The van der Waals surface area contributed by atoms with Crippen LogP contribution in [0.4, 0.5) is 20.2 Å². The Bertz CT molecular complexity index is 738. The zero-order valence-corrected chi connectivity index (χ0v) is 12.2. The normalized spacial score (nSPS) is 10.4. The Hall–Kier alpha value is -2.22. The number of aromatic nitrogens is 1. The molecule has 8 heteroatoms. The summed E-state index contributed by atoms with van der Waals surface area (Å²) in [4.78, 5) is 23.4. The summed E-state index contributed by atoms with van der Waals surface area (Å²) in [6.45, 7) is -0.340. The predicted octanol–water partition coefficient (Wildman–Crippen LogP) is 2.11. The number of amides is 1. The van der Waals surface area contributed by atoms with Crippen molar-refractivity contribution in [2.24, 2.45) is 0 Å². The molecule has 1 aromatic carbocycles. The number of hydrogen-bond donors (Lipinski definition) is 2. The van der Waals surface area contributed by atoms with Crippen LogP contribution >= 0.6 is 15.9 Å². The van der Waals surface area contributed by atoms with Gasteiger partial charge in [-0.25, -0.2) is 8.78 Å². The highest BCUT2D eigenvalue weighted by Gasteiger charge is 2.13. The van der Waals surface area contributed by atoms with E-state index in [4.69, 9.17) is 5.73 Å². The van der Waals surface area contributed by atoms with E-state index in [-0.39, 0.29) is 16.7 Å². The zero-order valence-electron chi connectivity index (χ0n) is 10.6. The van der Waals surface area contributed by atoms with E-state index < -0.39 is 23.1 Å². The molecule has 0 unspecified atom stereocenters. The molecule has 2 rings (SSSR count). The fourth-order valence-electron chi connectivity index (χ4n) is 1.67. The number of nitrogens with zero attached hydrogens (tertiary/aromatic N) is 1. The van der Waals surface area contributed by atoms with Gasteiger partial charge in [0.05, 0.1) is 5.69 Å². The Balaban J connectivity index is 2.19. The molecule has 0 bridgehead atoms. The summed E-state index contributed by atoms with van der Waals surface area (Å²) in [5.74, 6) is -2.34. The van der Waals surface area contributed by atoms with Crippen LogP contribution in [0.15, 0.2) is 39.7 Å². The highest BCUT2D eigenvalue weighted by molar-refractivity contribution is 9.10. The average Bonchev–Trinajstić information content (AvgIpc) is 2.38. The third kappa shape index (κ3) is 3.66. The summed E-state index contributed by atoms with van der Waals surface area (Å²) in [6.07, 6.45) is 1.30. The highest BCUT2D eigenvalue weighted by atomic mass is 79.9. The van der Waals surface area contributed by atoms with Crippen LogP contribution in [-0.2, 0) is 11.3 Å². The SMILES string of the molecule is Nc1ccc(=O)n(CC(=O)Nc2c(F)cc(F)cc2Br)c1. The van der Waals surface area contributed by atoms with Gasteiger partial charge in [-0.2, -0.15) is 0 Å². The van der Waals surface area contributed by atoms with E-state index in [1.807, 2.05) is 0 Å². The second kappa shape index (κ2) is 6.04. The van der Waals surface area contributed by atoms with Gasteiger partial charge < -0.3 is 15.6 Å². The average molecular weight is 358 g/mol. The second-order valence-electron chi connectivity index (χ2n) is 4.22. The Morgan fingerprint density at radius 1 is 1.33 bits per heavy atom. The molecule has 0 atom stereocenters. The van der Waals surface area contributed by atoms with Crippen LogP contribution < -0.4 is 16.6 Å². The van der Waals surface area contributed by atoms with Crippen molar-refractivity contribution in [3.63, 3.8) is 0 Å². The topological polar surface area (TPSA) is 77.1 Å². The lowest BCUT2D eigenvalue weighted by molar-refractivity contribution is -0.116. The van der Waals surface area contributed by atoms with Gasteiger partial charge >= 0.3 is 0 Å². The number of halogens is 3. The maximum Gasteiger partial charge on any atom is 0.251 e. The van der Waals surface area contributed by atoms with Crippen molar-refractivity contribution in [1.29, 1.82) is 0 Å². The quantitative estimate of drug-likeness (QED) is 0.882. The third-order valence-electron chi connectivity index (χ3n) is 2.59. The van der Waals surface area contributed by atoms with Gasteiger partial charge in [-0.1, -0.05) is 0 Å². The third-order valence-corrected chi connectivity index (χ3v) is 3.22. The van der Waals surface area contributed by atoms with Crippen molar-refractivity contribution in [3.05, 3.63) is 56.9 Å². The summed E-state index contributed by atoms with van der Waals surface area (Å²) in [5, 5.41) is 2.27. The molecule has 0 aliphatic rings. The smallest absolute Gasteiger partial charge is 0.251 e. The molecule has 3 N–H and O–H groups in total. The van der Waals surface area contributed by atoms with Crippen LogP contribution in [0.5, 0.6) is 0 Å². The van der Waals surface area contributed by atoms with Crippen LogP contribution in [0.1, 0.15) is 0 Å². The molecular weight excluding hydrogens is 348 g/mol. The Labute approximate surface area is 126 Å². The van der Waals surface area contributed by atoms with Crippen molar-refractivity contribution in [1.82, 2.24) is 4.57 Å². The van der Waals surface area contributed by atoms with E-state index in [1.54, 1.807) is 0 Å². The first-order valence-electron chi connectivity index (χ1n) is 5.77. The van der Waals surface area contributed by atoms with E-state index in [1.165, 1.54) is 18.3 Å². The minimum atomic E-state index is -0.921. The fraction of sp³-hybridized carbons (Fsp3) is 0.0769. The van der Waals surface area contributed by atoms with Gasteiger partial charge in [0.25, 0.3) is 5.56 Å². The van der Waals surface area contributed by atoms with Gasteiger partial charge in [0.2, 0.25) is 5.91 Å². The van der Waals surface area contributed by atoms with E-state index in [9.17, 15) is 18.4 Å². The molecule has 0 spiro atoms. The van der Waals surface area contributed by atoms with E-state index in [2.05, 4.69) is 21.2 Å². The van der Waals surface area contributed by atoms with Crippen molar-refractivity contribution in [2.75, 3.05) is 11.1 Å². The minimum absolute atomic E-state index is 0.0632. The number of rotatable bonds is 3. The molecular formula is C13H10BrF2N3O2. The molecule has 5 nitrogen and oxygen atoms in total. The molecule has 0 aliphatic heterocycles. The summed E-state index contributed by atoms with van der Waals surface area (Å²) in [7, 11) is 0. The standard InChI is InChI=1S/C13H10BrF2N3O2/c14-9-3-7(15)4-10(16)13(9)18-11(20)6-19-5-8(17)1-2-12(19)21/h1-5H,6,17H2,(H,18,20). The molecule has 0 radical (unpaired) electrons. The van der Waals surface area contributed by atoms with E-state index >= 15 is 0 Å². The molecule has 0 fully saturated rings. The van der Waals surface area contributed by atoms with Crippen LogP contribution in [0.2, 0.25) is 0 Å². The highest BCUT2D eigenvalue weighted by Crippen LogP contribution is 2.26. The Kier molecular flexibility index (Phi) is 4.37. The number of carbonyl (C=O) groups excluding carboxylic acids is 1. The molecule has 0 saturated heterocycles. The number of pyridine rings is 1. The molecule has 1 heterocycles. The van der Waals surface area contributed by atoms with Crippen molar-refractivity contribution >= 4 is 33.2 Å². The number of nitrogen functional groups attached to an aromatic ring is 1. The number of nitrogens with one attached hydrogen (secondary N) is 1. The van der Waals surface area contributed by atoms with Gasteiger partial charge in [-0.15, -0.1) is 0 Å². The van der Waals surface area contributed by atoms with Crippen molar-refractivity contribution in [3.8, 4) is 0 Å². The first-order chi connectivity index (χ1) is 9.86. The number of nitrogens with two attached hydrogens (primary N) is 1. The largest absolute Gasteiger partial charge is 0.398 e. The van der Waals surface area contributed by atoms with Crippen molar-refractivity contribution < 1.29 is 13.6 Å². The van der Waals surface area contributed by atoms with Crippen LogP contribution in [0.3, 0.4) is 0 Å². The summed E-state index contributed by atoms with van der Waals surface area (Å²) >= 11 is 2.95. The van der Waals surface area contributed by atoms with E-state index in [0.29, 0.717) is 11.8 Å². The minimum Gasteiger partial charge on any atom is -0.398 e. The number of hydrogen-bond acceptors (Lipinski definition) is 3. The lowest BCUT2D eigenvalue weighted by Crippen LogP contribution is -2.27. The monoisotopic (exact) mass is 357 g/mol. The maximum atomic E-state index is 13.6. The molecule has 1 amide bonds. The summed E-state index contributed by atoms with van der Waals surface area (Å²) in [6, 6.07) is 4.29. The first-order valence-corrected chi connectivity index (χ1v) is 6.56. The van der Waals surface area contributed by atoms with Crippen LogP contribution in [0.25, 0.3) is 0 Å². The van der Waals surface area contributed by atoms with Gasteiger partial charge in [-0.3, -0.25) is 9.59 Å². The molecule has 1 aromatic heterocycles. The summed E-state index contributed by atoms with van der Waals surface area (Å²) in [5.41, 5.74) is 5.22. The second-order valence-corrected chi connectivity index (χ2v) is 5.08. The van der Waals surface area contributed by atoms with E-state index in [0.717, 1.165) is 10.6 Å². The van der Waals surface area contributed by atoms with Crippen LogP contribution in [-0.4, -0.2) is 10.5 Å². The lowest BCUT2D eigenvalue weighted by Gasteiger charge is -2.10. The van der Waals surface area contributed by atoms with Crippen LogP contribution in [0, 0.1) is 11.6 Å². The molecule has 0 aliphatic carbocycles. The maximum absolute atomic E-state index is 13.6. The molecule has 0 saturated carbocycles. The number of benzene rings is 1. The molecule has 21 heavy (non-hydrogen) atoms. The lowest BCUT2D eigenvalue weighted by atomic mass is 10.3. The van der Waals surface area contributed by atoms with Gasteiger partial charge in [-0.05, 0) is 28.1 Å².